The molecule has 1 aliphatic rings. The molecule has 0 bridgehead atoms. The Balaban J connectivity index is 1.75. The molecule has 1 aromatic carbocycles. The average Bonchev–Trinajstić information content (AvgIpc) is 3.17. The third-order valence-electron chi connectivity index (χ3n) is 3.90. The summed E-state index contributed by atoms with van der Waals surface area (Å²) in [6.07, 6.45) is 2.67. The standard InChI is InChI=1S/C15H22FNO2/c1-19-9-8-15(6-7-15)11-17-10-14(18)12-4-2-3-5-13(12)16/h2-5,14,17-18H,6-11H2,1H3. The van der Waals surface area contributed by atoms with Crippen molar-refractivity contribution in [3.8, 4) is 0 Å². The molecule has 0 heterocycles. The van der Waals surface area contributed by atoms with Gasteiger partial charge in [-0.3, -0.25) is 0 Å². The molecule has 3 nitrogen and oxygen atoms in total. The monoisotopic (exact) mass is 267 g/mol. The summed E-state index contributed by atoms with van der Waals surface area (Å²) in [5, 5.41) is 13.2. The smallest absolute Gasteiger partial charge is 0.129 e. The van der Waals surface area contributed by atoms with Crippen molar-refractivity contribution in [2.45, 2.75) is 25.4 Å². The molecule has 1 aliphatic carbocycles. The highest BCUT2D eigenvalue weighted by Gasteiger charge is 2.41. The zero-order valence-corrected chi connectivity index (χ0v) is 11.4. The van der Waals surface area contributed by atoms with Crippen molar-refractivity contribution < 1.29 is 14.2 Å². The maximum absolute atomic E-state index is 13.5. The molecule has 0 aromatic heterocycles. The molecular weight excluding hydrogens is 245 g/mol. The third kappa shape index (κ3) is 4.00. The summed E-state index contributed by atoms with van der Waals surface area (Å²) in [6.45, 7) is 2.02. The second kappa shape index (κ2) is 6.46. The molecule has 106 valence electrons. The summed E-state index contributed by atoms with van der Waals surface area (Å²) in [4.78, 5) is 0. The van der Waals surface area contributed by atoms with Crippen LogP contribution < -0.4 is 5.32 Å². The van der Waals surface area contributed by atoms with E-state index in [1.165, 1.54) is 18.9 Å². The van der Waals surface area contributed by atoms with Crippen LogP contribution >= 0.6 is 0 Å². The van der Waals surface area contributed by atoms with Gasteiger partial charge in [0.2, 0.25) is 0 Å². The van der Waals surface area contributed by atoms with E-state index in [1.807, 2.05) is 0 Å². The van der Waals surface area contributed by atoms with Gasteiger partial charge in [-0.2, -0.15) is 0 Å². The normalized spacial score (nSPS) is 18.3. The number of benzene rings is 1. The van der Waals surface area contributed by atoms with Crippen LogP contribution in [0.5, 0.6) is 0 Å². The summed E-state index contributed by atoms with van der Waals surface area (Å²) in [6, 6.07) is 6.37. The van der Waals surface area contributed by atoms with E-state index >= 15 is 0 Å². The lowest BCUT2D eigenvalue weighted by Crippen LogP contribution is -2.29. The van der Waals surface area contributed by atoms with Gasteiger partial charge < -0.3 is 15.2 Å². The first-order valence-electron chi connectivity index (χ1n) is 6.79. The number of halogens is 1. The van der Waals surface area contributed by atoms with Crippen LogP contribution in [0.25, 0.3) is 0 Å². The number of aliphatic hydroxyl groups excluding tert-OH is 1. The van der Waals surface area contributed by atoms with Gasteiger partial charge in [0.1, 0.15) is 5.82 Å². The Bertz CT molecular complexity index is 407. The highest BCUT2D eigenvalue weighted by Crippen LogP contribution is 2.48. The van der Waals surface area contributed by atoms with E-state index in [1.54, 1.807) is 25.3 Å². The summed E-state index contributed by atoms with van der Waals surface area (Å²) in [7, 11) is 1.71. The summed E-state index contributed by atoms with van der Waals surface area (Å²) >= 11 is 0. The molecule has 1 aromatic rings. The average molecular weight is 267 g/mol. The number of hydrogen-bond acceptors (Lipinski definition) is 3. The van der Waals surface area contributed by atoms with Crippen LogP contribution in [-0.4, -0.2) is 31.9 Å². The predicted octanol–water partition coefficient (Wildman–Crippen LogP) is 2.27. The first-order chi connectivity index (χ1) is 9.17. The fourth-order valence-corrected chi connectivity index (χ4v) is 2.34. The molecular formula is C15H22FNO2. The van der Waals surface area contributed by atoms with Gasteiger partial charge in [0.25, 0.3) is 0 Å². The Hall–Kier alpha value is -0.970. The first kappa shape index (κ1) is 14.4. The zero-order valence-electron chi connectivity index (χ0n) is 11.4. The highest BCUT2D eigenvalue weighted by molar-refractivity contribution is 5.20. The Morgan fingerprint density at radius 3 is 2.79 bits per heavy atom. The van der Waals surface area contributed by atoms with Gasteiger partial charge in [-0.25, -0.2) is 4.39 Å². The van der Waals surface area contributed by atoms with E-state index in [0.29, 0.717) is 17.5 Å². The molecule has 2 rings (SSSR count). The molecule has 0 amide bonds. The van der Waals surface area contributed by atoms with Crippen LogP contribution in [0.1, 0.15) is 30.9 Å². The van der Waals surface area contributed by atoms with Gasteiger partial charge in [-0.05, 0) is 30.7 Å². The van der Waals surface area contributed by atoms with Crippen molar-refractivity contribution in [3.05, 3.63) is 35.6 Å². The van der Waals surface area contributed by atoms with Gasteiger partial charge in [-0.15, -0.1) is 0 Å². The highest BCUT2D eigenvalue weighted by atomic mass is 19.1. The summed E-state index contributed by atoms with van der Waals surface area (Å²) in [5.74, 6) is -0.350. The van der Waals surface area contributed by atoms with E-state index < -0.39 is 6.10 Å². The van der Waals surface area contributed by atoms with Crippen LogP contribution in [0, 0.1) is 11.2 Å². The van der Waals surface area contributed by atoms with Gasteiger partial charge in [0.05, 0.1) is 6.10 Å². The molecule has 0 spiro atoms. The fraction of sp³-hybridized carbons (Fsp3) is 0.600. The van der Waals surface area contributed by atoms with Crippen molar-refractivity contribution in [1.82, 2.24) is 5.32 Å². The molecule has 0 radical (unpaired) electrons. The summed E-state index contributed by atoms with van der Waals surface area (Å²) in [5.41, 5.74) is 0.696. The van der Waals surface area contributed by atoms with Crippen molar-refractivity contribution in [3.63, 3.8) is 0 Å². The predicted molar refractivity (Wildman–Crippen MR) is 72.4 cm³/mol. The van der Waals surface area contributed by atoms with Crippen LogP contribution in [0.15, 0.2) is 24.3 Å². The Morgan fingerprint density at radius 1 is 1.42 bits per heavy atom. The van der Waals surface area contributed by atoms with Crippen molar-refractivity contribution >= 4 is 0 Å². The summed E-state index contributed by atoms with van der Waals surface area (Å²) < 4.78 is 18.6. The lowest BCUT2D eigenvalue weighted by molar-refractivity contribution is 0.156. The van der Waals surface area contributed by atoms with Crippen molar-refractivity contribution in [2.75, 3.05) is 26.8 Å². The van der Waals surface area contributed by atoms with E-state index in [0.717, 1.165) is 19.6 Å². The molecule has 2 N–H and O–H groups in total. The third-order valence-corrected chi connectivity index (χ3v) is 3.90. The van der Waals surface area contributed by atoms with Gasteiger partial charge in [0.15, 0.2) is 0 Å². The molecule has 1 unspecified atom stereocenters. The number of nitrogens with one attached hydrogen (secondary N) is 1. The molecule has 0 aliphatic heterocycles. The van der Waals surface area contributed by atoms with Crippen molar-refractivity contribution in [1.29, 1.82) is 0 Å². The number of hydrogen-bond donors (Lipinski definition) is 2. The number of aliphatic hydroxyl groups is 1. The SMILES string of the molecule is COCCC1(CNCC(O)c2ccccc2F)CC1. The fourth-order valence-electron chi connectivity index (χ4n) is 2.34. The Morgan fingerprint density at radius 2 is 2.16 bits per heavy atom. The number of methoxy groups -OCH3 is 1. The lowest BCUT2D eigenvalue weighted by atomic mass is 10.0. The molecule has 1 saturated carbocycles. The Labute approximate surface area is 113 Å². The lowest BCUT2D eigenvalue weighted by Gasteiger charge is -2.18. The number of rotatable bonds is 8. The minimum absolute atomic E-state index is 0.338. The van der Waals surface area contributed by atoms with Gasteiger partial charge in [0, 0.05) is 32.4 Å². The molecule has 1 atom stereocenters. The topological polar surface area (TPSA) is 41.5 Å². The van der Waals surface area contributed by atoms with E-state index in [2.05, 4.69) is 5.32 Å². The zero-order chi connectivity index (χ0) is 13.7. The van der Waals surface area contributed by atoms with Gasteiger partial charge in [-0.1, -0.05) is 18.2 Å². The van der Waals surface area contributed by atoms with E-state index in [9.17, 15) is 9.50 Å². The van der Waals surface area contributed by atoms with Crippen LogP contribution in [-0.2, 0) is 4.74 Å². The first-order valence-corrected chi connectivity index (χ1v) is 6.79. The molecule has 0 saturated heterocycles. The molecule has 4 heteroatoms. The largest absolute Gasteiger partial charge is 0.387 e. The van der Waals surface area contributed by atoms with Crippen LogP contribution in [0.3, 0.4) is 0 Å². The number of ether oxygens (including phenoxy) is 1. The maximum Gasteiger partial charge on any atom is 0.129 e. The van der Waals surface area contributed by atoms with Crippen LogP contribution in [0.4, 0.5) is 4.39 Å². The molecule has 19 heavy (non-hydrogen) atoms. The Kier molecular flexibility index (Phi) is 4.91. The second-order valence-electron chi connectivity index (χ2n) is 5.41. The van der Waals surface area contributed by atoms with E-state index in [-0.39, 0.29) is 5.82 Å². The minimum atomic E-state index is -0.792. The van der Waals surface area contributed by atoms with Crippen molar-refractivity contribution in [2.24, 2.45) is 5.41 Å². The van der Waals surface area contributed by atoms with Crippen LogP contribution in [0.2, 0.25) is 0 Å². The molecule has 1 fully saturated rings. The maximum atomic E-state index is 13.5. The van der Waals surface area contributed by atoms with Gasteiger partial charge >= 0.3 is 0 Å². The minimum Gasteiger partial charge on any atom is -0.387 e. The second-order valence-corrected chi connectivity index (χ2v) is 5.41. The van der Waals surface area contributed by atoms with E-state index in [4.69, 9.17) is 4.74 Å². The quantitative estimate of drug-likeness (QED) is 0.759.